The largest absolute Gasteiger partial charge is 0.357 e. The number of amides is 1. The summed E-state index contributed by atoms with van der Waals surface area (Å²) in [7, 11) is 0. The number of hydrogen-bond acceptors (Lipinski definition) is 3. The standard InChI is InChI=1S/C24H24FN3O/c25-21-11-8-18(9-12-21)16-22(19-6-2-1-3-7-19)27-24(29)20-10-13-23(26-17-20)28-14-4-5-15-28/h1-3,6-13,17,22H,4-5,14-16H2,(H,27,29). The highest BCUT2D eigenvalue weighted by Gasteiger charge is 2.18. The van der Waals surface area contributed by atoms with Crippen molar-refractivity contribution in [2.24, 2.45) is 0 Å². The fourth-order valence-electron chi connectivity index (χ4n) is 3.69. The fourth-order valence-corrected chi connectivity index (χ4v) is 3.69. The molecule has 4 rings (SSSR count). The van der Waals surface area contributed by atoms with E-state index in [0.29, 0.717) is 12.0 Å². The van der Waals surface area contributed by atoms with Gasteiger partial charge in [-0.25, -0.2) is 9.37 Å². The second kappa shape index (κ2) is 8.86. The maximum atomic E-state index is 13.2. The first-order valence-corrected chi connectivity index (χ1v) is 10.0. The Morgan fingerprint density at radius 3 is 2.38 bits per heavy atom. The maximum Gasteiger partial charge on any atom is 0.253 e. The molecule has 2 heterocycles. The first-order valence-electron chi connectivity index (χ1n) is 10.0. The van der Waals surface area contributed by atoms with Crippen LogP contribution in [0.4, 0.5) is 10.2 Å². The Hall–Kier alpha value is -3.21. The molecule has 1 atom stereocenters. The van der Waals surface area contributed by atoms with Crippen LogP contribution in [0.2, 0.25) is 0 Å². The zero-order valence-electron chi connectivity index (χ0n) is 16.2. The van der Waals surface area contributed by atoms with Gasteiger partial charge in [0.1, 0.15) is 11.6 Å². The van der Waals surface area contributed by atoms with E-state index in [4.69, 9.17) is 0 Å². The predicted molar refractivity (Wildman–Crippen MR) is 112 cm³/mol. The number of nitrogens with one attached hydrogen (secondary N) is 1. The van der Waals surface area contributed by atoms with Crippen molar-refractivity contribution in [3.05, 3.63) is 95.4 Å². The molecule has 29 heavy (non-hydrogen) atoms. The lowest BCUT2D eigenvalue weighted by atomic mass is 9.98. The van der Waals surface area contributed by atoms with Crippen molar-refractivity contribution in [1.29, 1.82) is 0 Å². The zero-order valence-corrected chi connectivity index (χ0v) is 16.2. The van der Waals surface area contributed by atoms with Gasteiger partial charge in [-0.3, -0.25) is 4.79 Å². The molecule has 1 aliphatic rings. The van der Waals surface area contributed by atoms with E-state index in [0.717, 1.165) is 30.0 Å². The Bertz CT molecular complexity index is 936. The van der Waals surface area contributed by atoms with E-state index in [1.165, 1.54) is 25.0 Å². The van der Waals surface area contributed by atoms with Gasteiger partial charge < -0.3 is 10.2 Å². The van der Waals surface area contributed by atoms with Crippen molar-refractivity contribution < 1.29 is 9.18 Å². The summed E-state index contributed by atoms with van der Waals surface area (Å²) in [6, 6.07) is 19.7. The van der Waals surface area contributed by atoms with Gasteiger partial charge in [-0.1, -0.05) is 42.5 Å². The minimum Gasteiger partial charge on any atom is -0.357 e. The molecule has 1 fully saturated rings. The number of carbonyl (C=O) groups is 1. The van der Waals surface area contributed by atoms with Crippen molar-refractivity contribution >= 4 is 11.7 Å². The van der Waals surface area contributed by atoms with E-state index in [9.17, 15) is 9.18 Å². The Morgan fingerprint density at radius 2 is 1.72 bits per heavy atom. The number of halogens is 1. The molecule has 0 bridgehead atoms. The molecule has 4 nitrogen and oxygen atoms in total. The summed E-state index contributed by atoms with van der Waals surface area (Å²) >= 11 is 0. The second-order valence-electron chi connectivity index (χ2n) is 7.37. The lowest BCUT2D eigenvalue weighted by Gasteiger charge is -2.20. The average Bonchev–Trinajstić information content (AvgIpc) is 3.30. The van der Waals surface area contributed by atoms with Crippen molar-refractivity contribution in [3.8, 4) is 0 Å². The van der Waals surface area contributed by atoms with Crippen LogP contribution >= 0.6 is 0 Å². The molecule has 1 saturated heterocycles. The first kappa shape index (κ1) is 19.1. The molecule has 5 heteroatoms. The van der Waals surface area contributed by atoms with Crippen LogP contribution in [0.15, 0.2) is 72.9 Å². The fraction of sp³-hybridized carbons (Fsp3) is 0.250. The normalized spacial score (nSPS) is 14.6. The topological polar surface area (TPSA) is 45.2 Å². The number of anilines is 1. The molecule has 1 aliphatic heterocycles. The van der Waals surface area contributed by atoms with Gasteiger partial charge in [-0.05, 0) is 54.7 Å². The number of aromatic nitrogens is 1. The van der Waals surface area contributed by atoms with Gasteiger partial charge in [-0.15, -0.1) is 0 Å². The molecule has 1 N–H and O–H groups in total. The van der Waals surface area contributed by atoms with E-state index in [2.05, 4.69) is 15.2 Å². The molecule has 0 aliphatic carbocycles. The molecular weight excluding hydrogens is 365 g/mol. The van der Waals surface area contributed by atoms with Gasteiger partial charge in [0.25, 0.3) is 5.91 Å². The summed E-state index contributed by atoms with van der Waals surface area (Å²) < 4.78 is 13.2. The molecule has 148 valence electrons. The van der Waals surface area contributed by atoms with Crippen LogP contribution in [-0.2, 0) is 6.42 Å². The highest BCUT2D eigenvalue weighted by Crippen LogP contribution is 2.21. The summed E-state index contributed by atoms with van der Waals surface area (Å²) in [6.45, 7) is 2.04. The molecule has 0 radical (unpaired) electrons. The van der Waals surface area contributed by atoms with Gasteiger partial charge >= 0.3 is 0 Å². The van der Waals surface area contributed by atoms with Crippen LogP contribution in [0.25, 0.3) is 0 Å². The number of nitrogens with zero attached hydrogens (tertiary/aromatic N) is 2. The number of pyridine rings is 1. The van der Waals surface area contributed by atoms with Crippen molar-refractivity contribution in [2.75, 3.05) is 18.0 Å². The SMILES string of the molecule is O=C(NC(Cc1ccc(F)cc1)c1ccccc1)c1ccc(N2CCCC2)nc1. The average molecular weight is 389 g/mol. The van der Waals surface area contributed by atoms with Crippen molar-refractivity contribution in [2.45, 2.75) is 25.3 Å². The molecule has 0 spiro atoms. The number of rotatable bonds is 6. The number of benzene rings is 2. The Balaban J connectivity index is 1.50. The third-order valence-electron chi connectivity index (χ3n) is 5.30. The number of hydrogen-bond donors (Lipinski definition) is 1. The van der Waals surface area contributed by atoms with Crippen molar-refractivity contribution in [3.63, 3.8) is 0 Å². The zero-order chi connectivity index (χ0) is 20.1. The lowest BCUT2D eigenvalue weighted by Crippen LogP contribution is -2.30. The predicted octanol–water partition coefficient (Wildman–Crippen LogP) is 4.53. The molecule has 1 amide bonds. The summed E-state index contributed by atoms with van der Waals surface area (Å²) in [4.78, 5) is 19.6. The Labute approximate surface area is 170 Å². The quantitative estimate of drug-likeness (QED) is 0.673. The monoisotopic (exact) mass is 389 g/mol. The molecule has 1 aromatic heterocycles. The van der Waals surface area contributed by atoms with E-state index in [1.807, 2.05) is 42.5 Å². The van der Waals surface area contributed by atoms with Gasteiger partial charge in [0.05, 0.1) is 11.6 Å². The lowest BCUT2D eigenvalue weighted by molar-refractivity contribution is 0.0936. The molecule has 3 aromatic rings. The van der Waals surface area contributed by atoms with Gasteiger partial charge in [0.2, 0.25) is 0 Å². The number of carbonyl (C=O) groups excluding carboxylic acids is 1. The smallest absolute Gasteiger partial charge is 0.253 e. The van der Waals surface area contributed by atoms with Gasteiger partial charge in [0, 0.05) is 19.3 Å². The first-order chi connectivity index (χ1) is 14.2. The van der Waals surface area contributed by atoms with Crippen LogP contribution in [0, 0.1) is 5.82 Å². The third-order valence-corrected chi connectivity index (χ3v) is 5.30. The molecule has 1 unspecified atom stereocenters. The minimum atomic E-state index is -0.266. The molecule has 0 saturated carbocycles. The van der Waals surface area contributed by atoms with Crippen LogP contribution in [0.5, 0.6) is 0 Å². The minimum absolute atomic E-state index is 0.165. The Kier molecular flexibility index (Phi) is 5.84. The van der Waals surface area contributed by atoms with Crippen LogP contribution < -0.4 is 10.2 Å². The molecular formula is C24H24FN3O. The third kappa shape index (κ3) is 4.80. The highest BCUT2D eigenvalue weighted by molar-refractivity contribution is 5.94. The highest BCUT2D eigenvalue weighted by atomic mass is 19.1. The van der Waals surface area contributed by atoms with Gasteiger partial charge in [-0.2, -0.15) is 0 Å². The molecule has 2 aromatic carbocycles. The summed E-state index contributed by atoms with van der Waals surface area (Å²) in [5.74, 6) is 0.490. The van der Waals surface area contributed by atoms with Gasteiger partial charge in [0.15, 0.2) is 0 Å². The van der Waals surface area contributed by atoms with Crippen LogP contribution in [-0.4, -0.2) is 24.0 Å². The summed E-state index contributed by atoms with van der Waals surface area (Å²) in [6.07, 6.45) is 4.59. The van der Waals surface area contributed by atoms with E-state index < -0.39 is 0 Å². The van der Waals surface area contributed by atoms with Crippen molar-refractivity contribution in [1.82, 2.24) is 10.3 Å². The summed E-state index contributed by atoms with van der Waals surface area (Å²) in [5, 5.41) is 3.12. The van der Waals surface area contributed by atoms with Crippen LogP contribution in [0.1, 0.15) is 40.4 Å². The van der Waals surface area contributed by atoms with Crippen LogP contribution in [0.3, 0.4) is 0 Å². The van der Waals surface area contributed by atoms with E-state index in [-0.39, 0.29) is 17.8 Å². The van der Waals surface area contributed by atoms with E-state index >= 15 is 0 Å². The second-order valence-corrected chi connectivity index (χ2v) is 7.37. The maximum absolute atomic E-state index is 13.2. The Morgan fingerprint density at radius 1 is 1.00 bits per heavy atom. The summed E-state index contributed by atoms with van der Waals surface area (Å²) in [5.41, 5.74) is 2.50. The van der Waals surface area contributed by atoms with E-state index in [1.54, 1.807) is 18.3 Å².